The van der Waals surface area contributed by atoms with Crippen LogP contribution in [0, 0.1) is 0 Å². The first-order chi connectivity index (χ1) is 10.3. The summed E-state index contributed by atoms with van der Waals surface area (Å²) in [6.07, 6.45) is 2.36. The largest absolute Gasteiger partial charge is 0.391 e. The summed E-state index contributed by atoms with van der Waals surface area (Å²) in [5.74, 6) is 0.899. The number of benzene rings is 1. The number of aromatic amines is 1. The maximum atomic E-state index is 9.67. The van der Waals surface area contributed by atoms with Crippen molar-refractivity contribution in [2.24, 2.45) is 0 Å². The first kappa shape index (κ1) is 12.3. The summed E-state index contributed by atoms with van der Waals surface area (Å²) in [5, 5.41) is 18.3. The summed E-state index contributed by atoms with van der Waals surface area (Å²) in [4.78, 5) is 6.54. The van der Waals surface area contributed by atoms with Gasteiger partial charge in [-0.1, -0.05) is 18.2 Å². The average Bonchev–Trinajstić information content (AvgIpc) is 3.13. The van der Waals surface area contributed by atoms with Crippen molar-refractivity contribution in [1.29, 1.82) is 0 Å². The Hall–Kier alpha value is -2.40. The fraction of sp³-hybridized carbons (Fsp3) is 0.250. The highest BCUT2D eigenvalue weighted by Gasteiger charge is 2.21. The second kappa shape index (κ2) is 4.86. The van der Waals surface area contributed by atoms with Crippen LogP contribution in [-0.4, -0.2) is 39.5 Å². The number of nitrogens with zero attached hydrogens (tertiary/aromatic N) is 3. The lowest BCUT2D eigenvalue weighted by Gasteiger charge is -2.16. The molecule has 2 N–H and O–H groups in total. The number of fused-ring (bicyclic) bond motifs is 1. The maximum absolute atomic E-state index is 9.67. The van der Waals surface area contributed by atoms with Gasteiger partial charge in [0, 0.05) is 30.2 Å². The van der Waals surface area contributed by atoms with Crippen LogP contribution in [0.25, 0.3) is 22.2 Å². The van der Waals surface area contributed by atoms with E-state index in [2.05, 4.69) is 26.1 Å². The molecule has 5 nitrogen and oxygen atoms in total. The molecule has 0 spiro atoms. The number of anilines is 1. The number of aliphatic hydroxyl groups is 1. The maximum Gasteiger partial charge on any atom is 0.129 e. The van der Waals surface area contributed by atoms with Crippen LogP contribution in [0.4, 0.5) is 5.82 Å². The fourth-order valence-electron chi connectivity index (χ4n) is 2.87. The number of pyridine rings is 1. The van der Waals surface area contributed by atoms with E-state index in [0.29, 0.717) is 6.54 Å². The summed E-state index contributed by atoms with van der Waals surface area (Å²) in [6, 6.07) is 12.1. The summed E-state index contributed by atoms with van der Waals surface area (Å²) < 4.78 is 0. The number of H-pyrrole nitrogens is 1. The van der Waals surface area contributed by atoms with E-state index in [0.717, 1.165) is 40.9 Å². The first-order valence-electron chi connectivity index (χ1n) is 7.14. The molecular formula is C16H16N4O. The zero-order chi connectivity index (χ0) is 14.2. The molecule has 1 atom stereocenters. The molecule has 2 aromatic heterocycles. The number of hydrogen-bond donors (Lipinski definition) is 2. The lowest BCUT2D eigenvalue weighted by Crippen LogP contribution is -2.22. The minimum atomic E-state index is -0.248. The van der Waals surface area contributed by atoms with Crippen molar-refractivity contribution >= 4 is 16.7 Å². The summed E-state index contributed by atoms with van der Waals surface area (Å²) in [7, 11) is 0. The summed E-state index contributed by atoms with van der Waals surface area (Å²) in [6.45, 7) is 1.50. The number of β-amino-alcohol motifs (C(OH)–C–C–N with tert-alkyl or cyclic N) is 1. The molecule has 0 saturated carbocycles. The van der Waals surface area contributed by atoms with Crippen LogP contribution < -0.4 is 4.90 Å². The Morgan fingerprint density at radius 3 is 3.00 bits per heavy atom. The van der Waals surface area contributed by atoms with Crippen LogP contribution in [0.2, 0.25) is 0 Å². The molecule has 3 heterocycles. The van der Waals surface area contributed by atoms with Crippen molar-refractivity contribution in [3.05, 3.63) is 42.6 Å². The molecule has 1 fully saturated rings. The Kier molecular flexibility index (Phi) is 2.86. The van der Waals surface area contributed by atoms with Gasteiger partial charge in [-0.2, -0.15) is 5.10 Å². The van der Waals surface area contributed by atoms with Gasteiger partial charge in [-0.3, -0.25) is 5.10 Å². The zero-order valence-corrected chi connectivity index (χ0v) is 11.5. The predicted molar refractivity (Wildman–Crippen MR) is 82.2 cm³/mol. The van der Waals surface area contributed by atoms with Gasteiger partial charge in [0.2, 0.25) is 0 Å². The Labute approximate surface area is 122 Å². The third-order valence-corrected chi connectivity index (χ3v) is 3.98. The number of para-hydroxylation sites is 1. The lowest BCUT2D eigenvalue weighted by molar-refractivity contribution is 0.198. The number of hydrogen-bond acceptors (Lipinski definition) is 4. The van der Waals surface area contributed by atoms with Gasteiger partial charge >= 0.3 is 0 Å². The van der Waals surface area contributed by atoms with Crippen molar-refractivity contribution in [3.8, 4) is 11.3 Å². The number of nitrogens with one attached hydrogen (secondary N) is 1. The fourth-order valence-corrected chi connectivity index (χ4v) is 2.87. The van der Waals surface area contributed by atoms with Crippen LogP contribution in [-0.2, 0) is 0 Å². The van der Waals surface area contributed by atoms with Gasteiger partial charge in [-0.25, -0.2) is 4.98 Å². The highest BCUT2D eigenvalue weighted by Crippen LogP contribution is 2.28. The normalized spacial score (nSPS) is 18.5. The highest BCUT2D eigenvalue weighted by molar-refractivity contribution is 5.93. The van der Waals surface area contributed by atoms with Gasteiger partial charge < -0.3 is 10.0 Å². The van der Waals surface area contributed by atoms with Gasteiger partial charge in [0.05, 0.1) is 11.6 Å². The molecular weight excluding hydrogens is 264 g/mol. The third kappa shape index (κ3) is 2.15. The van der Waals surface area contributed by atoms with E-state index in [1.807, 2.05) is 30.3 Å². The van der Waals surface area contributed by atoms with Gasteiger partial charge in [0.1, 0.15) is 11.5 Å². The molecule has 1 saturated heterocycles. The Morgan fingerprint density at radius 2 is 2.14 bits per heavy atom. The van der Waals surface area contributed by atoms with Crippen LogP contribution in [0.1, 0.15) is 6.42 Å². The topological polar surface area (TPSA) is 65.0 Å². The molecule has 106 valence electrons. The Morgan fingerprint density at radius 1 is 1.24 bits per heavy atom. The van der Waals surface area contributed by atoms with E-state index in [1.54, 1.807) is 6.20 Å². The molecule has 0 radical (unpaired) electrons. The van der Waals surface area contributed by atoms with Crippen LogP contribution >= 0.6 is 0 Å². The predicted octanol–water partition coefficient (Wildman–Crippen LogP) is 2.20. The second-order valence-corrected chi connectivity index (χ2v) is 5.41. The molecule has 1 aliphatic heterocycles. The van der Waals surface area contributed by atoms with E-state index in [4.69, 9.17) is 0 Å². The first-order valence-corrected chi connectivity index (χ1v) is 7.14. The van der Waals surface area contributed by atoms with E-state index in [9.17, 15) is 5.11 Å². The molecule has 5 heteroatoms. The van der Waals surface area contributed by atoms with Crippen molar-refractivity contribution in [2.75, 3.05) is 18.0 Å². The Balaban J connectivity index is 1.75. The molecule has 1 aliphatic rings. The molecule has 0 amide bonds. The number of aromatic nitrogens is 3. The van der Waals surface area contributed by atoms with Crippen LogP contribution in [0.3, 0.4) is 0 Å². The minimum absolute atomic E-state index is 0.248. The SMILES string of the molecule is OC1CCN(c2cc(-c3n[nH]c4ccccc34)ccn2)C1. The van der Waals surface area contributed by atoms with Crippen molar-refractivity contribution in [2.45, 2.75) is 12.5 Å². The van der Waals surface area contributed by atoms with Gasteiger partial charge in [0.15, 0.2) is 0 Å². The van der Waals surface area contributed by atoms with Crippen molar-refractivity contribution in [3.63, 3.8) is 0 Å². The van der Waals surface area contributed by atoms with Crippen LogP contribution in [0.5, 0.6) is 0 Å². The molecule has 0 aliphatic carbocycles. The minimum Gasteiger partial charge on any atom is -0.391 e. The van der Waals surface area contributed by atoms with Crippen molar-refractivity contribution < 1.29 is 5.11 Å². The van der Waals surface area contributed by atoms with E-state index >= 15 is 0 Å². The lowest BCUT2D eigenvalue weighted by atomic mass is 10.1. The van der Waals surface area contributed by atoms with Gasteiger partial charge in [-0.05, 0) is 24.6 Å². The number of rotatable bonds is 2. The summed E-state index contributed by atoms with van der Waals surface area (Å²) in [5.41, 5.74) is 3.01. The van der Waals surface area contributed by atoms with E-state index < -0.39 is 0 Å². The third-order valence-electron chi connectivity index (χ3n) is 3.98. The molecule has 3 aromatic rings. The van der Waals surface area contributed by atoms with Crippen molar-refractivity contribution in [1.82, 2.24) is 15.2 Å². The summed E-state index contributed by atoms with van der Waals surface area (Å²) >= 11 is 0. The van der Waals surface area contributed by atoms with Crippen LogP contribution in [0.15, 0.2) is 42.6 Å². The average molecular weight is 280 g/mol. The molecule has 1 unspecified atom stereocenters. The molecule has 0 bridgehead atoms. The standard InChI is InChI=1S/C16H16N4O/c21-12-6-8-20(10-12)15-9-11(5-7-17-15)16-13-3-1-2-4-14(13)18-19-16/h1-5,7,9,12,21H,6,8,10H2,(H,18,19). The molecule has 4 rings (SSSR count). The molecule has 1 aromatic carbocycles. The quantitative estimate of drug-likeness (QED) is 0.755. The zero-order valence-electron chi connectivity index (χ0n) is 11.5. The number of aliphatic hydroxyl groups excluding tert-OH is 1. The molecule has 21 heavy (non-hydrogen) atoms. The van der Waals surface area contributed by atoms with Gasteiger partial charge in [0.25, 0.3) is 0 Å². The monoisotopic (exact) mass is 280 g/mol. The smallest absolute Gasteiger partial charge is 0.129 e. The highest BCUT2D eigenvalue weighted by atomic mass is 16.3. The van der Waals surface area contributed by atoms with Gasteiger partial charge in [-0.15, -0.1) is 0 Å². The van der Waals surface area contributed by atoms with E-state index in [1.165, 1.54) is 0 Å². The second-order valence-electron chi connectivity index (χ2n) is 5.41. The Bertz CT molecular complexity index is 783. The van der Waals surface area contributed by atoms with E-state index in [-0.39, 0.29) is 6.10 Å².